The molecule has 4 aromatic rings. The van der Waals surface area contributed by atoms with Crippen molar-refractivity contribution in [2.45, 2.75) is 33.5 Å². The molecule has 9 heteroatoms. The Morgan fingerprint density at radius 3 is 2.64 bits per heavy atom. The van der Waals surface area contributed by atoms with E-state index in [1.165, 1.54) is 20.4 Å². The van der Waals surface area contributed by atoms with Gasteiger partial charge >= 0.3 is 0 Å². The number of rotatable bonds is 8. The van der Waals surface area contributed by atoms with E-state index in [2.05, 4.69) is 33.8 Å². The zero-order valence-corrected chi connectivity index (χ0v) is 19.2. The van der Waals surface area contributed by atoms with Crippen LogP contribution < -0.4 is 20.3 Å². The van der Waals surface area contributed by atoms with Crippen molar-refractivity contribution in [1.29, 1.82) is 0 Å². The lowest BCUT2D eigenvalue weighted by Crippen LogP contribution is -2.34. The molecule has 0 spiro atoms. The first kappa shape index (κ1) is 22.3. The van der Waals surface area contributed by atoms with Crippen LogP contribution in [0.1, 0.15) is 19.7 Å². The zero-order valence-electron chi connectivity index (χ0n) is 19.2. The Morgan fingerprint density at radius 1 is 1.12 bits per heavy atom. The van der Waals surface area contributed by atoms with Crippen molar-refractivity contribution < 1.29 is 14.3 Å². The number of nitrogens with one attached hydrogen (secondary N) is 1. The maximum absolute atomic E-state index is 13.0. The minimum atomic E-state index is -0.426. The molecule has 1 amide bonds. The standard InChI is InChI=1S/C24H27N5O4/c1-15(2)13-28-18-8-6-5-7-17(18)27-20(28)12-25-21(30)14-29-24(31)22-16(11-26-29)9-10-19(32-3)23(22)33-4/h5-11,15H,12-14H2,1-4H3,(H,25,30). The largest absolute Gasteiger partial charge is 0.493 e. The quantitative estimate of drug-likeness (QED) is 0.444. The second-order valence-corrected chi connectivity index (χ2v) is 8.17. The summed E-state index contributed by atoms with van der Waals surface area (Å²) in [5.41, 5.74) is 1.49. The molecular weight excluding hydrogens is 422 g/mol. The van der Waals surface area contributed by atoms with Crippen LogP contribution in [0.2, 0.25) is 0 Å². The molecule has 0 atom stereocenters. The zero-order chi connectivity index (χ0) is 23.5. The first-order valence-corrected chi connectivity index (χ1v) is 10.7. The number of ether oxygens (including phenoxy) is 2. The molecule has 0 bridgehead atoms. The summed E-state index contributed by atoms with van der Waals surface area (Å²) in [5.74, 6) is 1.61. The van der Waals surface area contributed by atoms with Crippen LogP contribution in [0.3, 0.4) is 0 Å². The van der Waals surface area contributed by atoms with Crippen molar-refractivity contribution >= 4 is 27.7 Å². The summed E-state index contributed by atoms with van der Waals surface area (Å²) in [4.78, 5) is 30.4. The fourth-order valence-corrected chi connectivity index (χ4v) is 3.90. The Bertz CT molecular complexity index is 1370. The number of methoxy groups -OCH3 is 2. The molecule has 9 nitrogen and oxygen atoms in total. The number of nitrogens with zero attached hydrogens (tertiary/aromatic N) is 4. The van der Waals surface area contributed by atoms with Gasteiger partial charge in [-0.3, -0.25) is 9.59 Å². The summed E-state index contributed by atoms with van der Waals surface area (Å²) in [7, 11) is 2.97. The Morgan fingerprint density at radius 2 is 1.91 bits per heavy atom. The van der Waals surface area contributed by atoms with E-state index in [0.717, 1.165) is 28.1 Å². The van der Waals surface area contributed by atoms with Crippen LogP contribution in [0, 0.1) is 5.92 Å². The van der Waals surface area contributed by atoms with E-state index in [-0.39, 0.29) is 19.0 Å². The number of amides is 1. The summed E-state index contributed by atoms with van der Waals surface area (Å²) >= 11 is 0. The topological polar surface area (TPSA) is 100 Å². The van der Waals surface area contributed by atoms with Gasteiger partial charge in [0.1, 0.15) is 12.4 Å². The number of carbonyl (C=O) groups is 1. The van der Waals surface area contributed by atoms with E-state index >= 15 is 0 Å². The third kappa shape index (κ3) is 4.39. The SMILES string of the molecule is COc1ccc2cnn(CC(=O)NCc3nc4ccccc4n3CC(C)C)c(=O)c2c1OC. The van der Waals surface area contributed by atoms with Gasteiger partial charge in [0.2, 0.25) is 5.91 Å². The number of benzene rings is 2. The van der Waals surface area contributed by atoms with E-state index in [4.69, 9.17) is 9.47 Å². The van der Waals surface area contributed by atoms with Gasteiger partial charge in [-0.15, -0.1) is 0 Å². The van der Waals surface area contributed by atoms with Crippen LogP contribution in [0.15, 0.2) is 47.4 Å². The van der Waals surface area contributed by atoms with E-state index < -0.39 is 5.56 Å². The first-order valence-electron chi connectivity index (χ1n) is 10.7. The number of aromatic nitrogens is 4. The van der Waals surface area contributed by atoms with Gasteiger partial charge in [-0.2, -0.15) is 5.10 Å². The Kier molecular flexibility index (Phi) is 6.30. The third-order valence-corrected chi connectivity index (χ3v) is 5.38. The molecule has 0 saturated carbocycles. The number of para-hydroxylation sites is 2. The Hall–Kier alpha value is -3.88. The highest BCUT2D eigenvalue weighted by Crippen LogP contribution is 2.32. The van der Waals surface area contributed by atoms with Crippen molar-refractivity contribution in [3.8, 4) is 11.5 Å². The lowest BCUT2D eigenvalue weighted by Gasteiger charge is -2.13. The smallest absolute Gasteiger partial charge is 0.279 e. The van der Waals surface area contributed by atoms with Gasteiger partial charge in [-0.1, -0.05) is 26.0 Å². The molecule has 0 radical (unpaired) electrons. The number of hydrogen-bond donors (Lipinski definition) is 1. The van der Waals surface area contributed by atoms with Gasteiger partial charge in [0.15, 0.2) is 11.5 Å². The first-order chi connectivity index (χ1) is 15.9. The van der Waals surface area contributed by atoms with Gasteiger partial charge in [-0.05, 0) is 30.2 Å². The molecule has 0 aliphatic heterocycles. The molecule has 2 heterocycles. The minimum Gasteiger partial charge on any atom is -0.493 e. The van der Waals surface area contributed by atoms with E-state index in [1.54, 1.807) is 12.1 Å². The molecule has 0 saturated heterocycles. The minimum absolute atomic E-state index is 0.223. The predicted octanol–water partition coefficient (Wildman–Crippen LogP) is 2.74. The number of carbonyl (C=O) groups excluding carboxylic acids is 1. The molecule has 0 fully saturated rings. The van der Waals surface area contributed by atoms with Crippen molar-refractivity contribution in [2.75, 3.05) is 14.2 Å². The van der Waals surface area contributed by atoms with Gasteiger partial charge in [0, 0.05) is 11.9 Å². The van der Waals surface area contributed by atoms with Crippen LogP contribution in [0.25, 0.3) is 21.8 Å². The average molecular weight is 450 g/mol. The highest BCUT2D eigenvalue weighted by molar-refractivity contribution is 5.89. The van der Waals surface area contributed by atoms with Crippen molar-refractivity contribution in [2.24, 2.45) is 5.92 Å². The van der Waals surface area contributed by atoms with Crippen LogP contribution in [-0.2, 0) is 24.4 Å². The van der Waals surface area contributed by atoms with Gasteiger partial charge in [0.25, 0.3) is 5.56 Å². The fraction of sp³-hybridized carbons (Fsp3) is 0.333. The molecule has 0 unspecified atom stereocenters. The average Bonchev–Trinajstić information content (AvgIpc) is 3.15. The summed E-state index contributed by atoms with van der Waals surface area (Å²) in [6.07, 6.45) is 1.54. The molecule has 0 aliphatic carbocycles. The Balaban J connectivity index is 1.57. The number of imidazole rings is 1. The third-order valence-electron chi connectivity index (χ3n) is 5.38. The molecule has 2 aromatic heterocycles. The van der Waals surface area contributed by atoms with Crippen LogP contribution in [-0.4, -0.2) is 39.5 Å². The number of fused-ring (bicyclic) bond motifs is 2. The van der Waals surface area contributed by atoms with Crippen molar-refractivity contribution in [3.05, 3.63) is 58.8 Å². The van der Waals surface area contributed by atoms with E-state index in [0.29, 0.717) is 28.2 Å². The van der Waals surface area contributed by atoms with E-state index in [1.807, 2.05) is 24.3 Å². The molecule has 2 aromatic carbocycles. The maximum Gasteiger partial charge on any atom is 0.279 e. The molecule has 1 N–H and O–H groups in total. The fourth-order valence-electron chi connectivity index (χ4n) is 3.90. The van der Waals surface area contributed by atoms with Crippen molar-refractivity contribution in [1.82, 2.24) is 24.6 Å². The predicted molar refractivity (Wildman–Crippen MR) is 126 cm³/mol. The van der Waals surface area contributed by atoms with Crippen LogP contribution in [0.4, 0.5) is 0 Å². The highest BCUT2D eigenvalue weighted by atomic mass is 16.5. The van der Waals surface area contributed by atoms with Crippen LogP contribution in [0.5, 0.6) is 11.5 Å². The van der Waals surface area contributed by atoms with Crippen LogP contribution >= 0.6 is 0 Å². The summed E-state index contributed by atoms with van der Waals surface area (Å²) < 4.78 is 13.9. The number of hydrogen-bond acceptors (Lipinski definition) is 6. The normalized spacial score (nSPS) is 11.3. The lowest BCUT2D eigenvalue weighted by atomic mass is 10.1. The Labute approximate surface area is 190 Å². The summed E-state index contributed by atoms with van der Waals surface area (Å²) in [6.45, 7) is 5.09. The molecule has 172 valence electrons. The second-order valence-electron chi connectivity index (χ2n) is 8.17. The second kappa shape index (κ2) is 9.32. The molecule has 0 aliphatic rings. The van der Waals surface area contributed by atoms with E-state index in [9.17, 15) is 9.59 Å². The van der Waals surface area contributed by atoms with Gasteiger partial charge in [-0.25, -0.2) is 9.67 Å². The maximum atomic E-state index is 13.0. The lowest BCUT2D eigenvalue weighted by molar-refractivity contribution is -0.122. The highest BCUT2D eigenvalue weighted by Gasteiger charge is 2.17. The van der Waals surface area contributed by atoms with Gasteiger partial charge < -0.3 is 19.4 Å². The molecule has 33 heavy (non-hydrogen) atoms. The molecule has 4 rings (SSSR count). The summed E-state index contributed by atoms with van der Waals surface area (Å²) in [5, 5.41) is 7.95. The summed E-state index contributed by atoms with van der Waals surface area (Å²) in [6, 6.07) is 11.3. The monoisotopic (exact) mass is 449 g/mol. The van der Waals surface area contributed by atoms with Gasteiger partial charge in [0.05, 0.1) is 43.4 Å². The van der Waals surface area contributed by atoms with Crippen molar-refractivity contribution in [3.63, 3.8) is 0 Å². The molecular formula is C24H27N5O4.